The van der Waals surface area contributed by atoms with E-state index in [4.69, 9.17) is 5.11 Å². The van der Waals surface area contributed by atoms with Gasteiger partial charge in [-0.25, -0.2) is 0 Å². The van der Waals surface area contributed by atoms with Crippen molar-refractivity contribution in [3.63, 3.8) is 0 Å². The molecule has 0 aliphatic heterocycles. The summed E-state index contributed by atoms with van der Waals surface area (Å²) >= 11 is 4.94. The first-order valence-electron chi connectivity index (χ1n) is 4.41. The molecule has 0 saturated heterocycles. The van der Waals surface area contributed by atoms with Crippen LogP contribution in [0.25, 0.3) is 0 Å². The summed E-state index contributed by atoms with van der Waals surface area (Å²) in [6.07, 6.45) is 2.44. The smallest absolute Gasteiger partial charge is 0.0456 e. The second-order valence-electron chi connectivity index (χ2n) is 3.62. The topological polar surface area (TPSA) is 20.2 Å². The Morgan fingerprint density at radius 1 is 1.17 bits per heavy atom. The fourth-order valence-electron chi connectivity index (χ4n) is 1.36. The van der Waals surface area contributed by atoms with Crippen molar-refractivity contribution in [3.8, 4) is 0 Å². The largest absolute Gasteiger partial charge is 0.396 e. The first-order chi connectivity index (χ1) is 5.60. The van der Waals surface area contributed by atoms with Crippen molar-refractivity contribution in [2.24, 2.45) is 11.8 Å². The maximum absolute atomic E-state index is 8.87. The van der Waals surface area contributed by atoms with Crippen LogP contribution < -0.4 is 0 Å². The molecule has 0 aliphatic rings. The van der Waals surface area contributed by atoms with Gasteiger partial charge in [0.15, 0.2) is 0 Å². The van der Waals surface area contributed by atoms with Crippen molar-refractivity contribution in [2.45, 2.75) is 30.6 Å². The molecule has 1 nitrogen and oxygen atoms in total. The molecule has 3 atom stereocenters. The Labute approximate surface area is 103 Å². The lowest BCUT2D eigenvalue weighted by atomic mass is 9.94. The Morgan fingerprint density at radius 3 is 2.17 bits per heavy atom. The predicted molar refractivity (Wildman–Crippen MR) is 71.3 cm³/mol. The highest BCUT2D eigenvalue weighted by Gasteiger charge is 2.11. The molecule has 0 bridgehead atoms. The van der Waals surface area contributed by atoms with E-state index in [9.17, 15) is 0 Å². The number of alkyl halides is 2. The molecule has 0 aliphatic carbocycles. The van der Waals surface area contributed by atoms with E-state index in [0.717, 1.165) is 16.3 Å². The lowest BCUT2D eigenvalue weighted by molar-refractivity contribution is 0.213. The van der Waals surface area contributed by atoms with Gasteiger partial charge in [0.1, 0.15) is 0 Å². The summed E-state index contributed by atoms with van der Waals surface area (Å²) in [6, 6.07) is 0. The van der Waals surface area contributed by atoms with E-state index < -0.39 is 0 Å². The molecule has 3 unspecified atom stereocenters. The third-order valence-electron chi connectivity index (χ3n) is 1.94. The van der Waals surface area contributed by atoms with Crippen LogP contribution >= 0.6 is 45.2 Å². The van der Waals surface area contributed by atoms with E-state index in [1.807, 2.05) is 0 Å². The van der Waals surface area contributed by atoms with Crippen molar-refractivity contribution >= 4 is 45.2 Å². The molecule has 1 N–H and O–H groups in total. The molecule has 0 aromatic carbocycles. The number of halogens is 2. The third-order valence-corrected chi connectivity index (χ3v) is 5.64. The number of aliphatic hydroxyl groups is 1. The van der Waals surface area contributed by atoms with Crippen molar-refractivity contribution in [1.82, 2.24) is 0 Å². The molecule has 0 heterocycles. The molecule has 3 heteroatoms. The van der Waals surface area contributed by atoms with Gasteiger partial charge in [-0.3, -0.25) is 0 Å². The molecule has 0 rings (SSSR count). The average Bonchev–Trinajstić information content (AvgIpc) is 2.03. The molecular formula is C9H18I2O. The summed E-state index contributed by atoms with van der Waals surface area (Å²) < 4.78 is 2.03. The quantitative estimate of drug-likeness (QED) is 0.540. The molecule has 0 radical (unpaired) electrons. The van der Waals surface area contributed by atoms with Crippen LogP contribution in [0, 0.1) is 11.8 Å². The normalized spacial score (nSPS) is 18.8. The molecule has 0 aromatic rings. The van der Waals surface area contributed by atoms with Gasteiger partial charge in [-0.05, 0) is 24.7 Å². The minimum Gasteiger partial charge on any atom is -0.396 e. The summed E-state index contributed by atoms with van der Waals surface area (Å²) in [4.78, 5) is 0. The second kappa shape index (κ2) is 7.79. The number of aliphatic hydroxyl groups excluding tert-OH is 1. The number of hydrogen-bond acceptors (Lipinski definition) is 1. The fraction of sp³-hybridized carbons (Fsp3) is 1.00. The van der Waals surface area contributed by atoms with Crippen LogP contribution in [-0.2, 0) is 0 Å². The van der Waals surface area contributed by atoms with Gasteiger partial charge in [0, 0.05) is 15.0 Å². The van der Waals surface area contributed by atoms with Gasteiger partial charge in [0.25, 0.3) is 0 Å². The SMILES string of the molecule is CC(CO)CC(C)CC(I)CI. The summed E-state index contributed by atoms with van der Waals surface area (Å²) in [5, 5.41) is 8.87. The average molecular weight is 396 g/mol. The number of rotatable bonds is 6. The molecule has 0 saturated carbocycles. The summed E-state index contributed by atoms with van der Waals surface area (Å²) in [6.45, 7) is 4.73. The summed E-state index contributed by atoms with van der Waals surface area (Å²) in [5.74, 6) is 1.22. The van der Waals surface area contributed by atoms with E-state index in [1.54, 1.807) is 0 Å². The lowest BCUT2D eigenvalue weighted by Crippen LogP contribution is -2.11. The second-order valence-corrected chi connectivity index (χ2v) is 6.26. The van der Waals surface area contributed by atoms with Gasteiger partial charge in [-0.15, -0.1) is 0 Å². The first-order valence-corrected chi connectivity index (χ1v) is 7.18. The van der Waals surface area contributed by atoms with Crippen LogP contribution in [0.3, 0.4) is 0 Å². The van der Waals surface area contributed by atoms with Gasteiger partial charge in [0.05, 0.1) is 0 Å². The van der Waals surface area contributed by atoms with Crippen LogP contribution in [0.5, 0.6) is 0 Å². The van der Waals surface area contributed by atoms with Gasteiger partial charge in [-0.2, -0.15) is 0 Å². The van der Waals surface area contributed by atoms with Crippen LogP contribution in [0.15, 0.2) is 0 Å². The highest BCUT2D eigenvalue weighted by molar-refractivity contribution is 14.1. The standard InChI is InChI=1S/C9H18I2O/c1-7(3-8(2)6-12)4-9(11)5-10/h7-9,12H,3-6H2,1-2H3. The van der Waals surface area contributed by atoms with Gasteiger partial charge in [0.2, 0.25) is 0 Å². The lowest BCUT2D eigenvalue weighted by Gasteiger charge is -2.17. The summed E-state index contributed by atoms with van der Waals surface area (Å²) in [5.41, 5.74) is 0. The monoisotopic (exact) mass is 396 g/mol. The molecule has 0 amide bonds. The van der Waals surface area contributed by atoms with Crippen molar-refractivity contribution in [1.29, 1.82) is 0 Å². The Kier molecular flexibility index (Phi) is 8.71. The third kappa shape index (κ3) is 6.88. The van der Waals surface area contributed by atoms with Crippen LogP contribution in [0.4, 0.5) is 0 Å². The zero-order chi connectivity index (χ0) is 9.56. The van der Waals surface area contributed by atoms with E-state index in [1.165, 1.54) is 10.8 Å². The summed E-state index contributed by atoms with van der Waals surface area (Å²) in [7, 11) is 0. The Bertz CT molecular complexity index is 96.7. The first kappa shape index (κ1) is 13.4. The zero-order valence-corrected chi connectivity index (χ0v) is 12.1. The zero-order valence-electron chi connectivity index (χ0n) is 7.76. The highest BCUT2D eigenvalue weighted by Crippen LogP contribution is 2.21. The van der Waals surface area contributed by atoms with Crippen LogP contribution in [0.2, 0.25) is 0 Å². The van der Waals surface area contributed by atoms with Crippen LogP contribution in [0.1, 0.15) is 26.7 Å². The minimum absolute atomic E-state index is 0.334. The predicted octanol–water partition coefficient (Wildman–Crippen LogP) is 3.27. The van der Waals surface area contributed by atoms with E-state index in [-0.39, 0.29) is 0 Å². The molecular weight excluding hydrogens is 378 g/mol. The van der Waals surface area contributed by atoms with E-state index in [0.29, 0.717) is 12.5 Å². The Balaban J connectivity index is 3.51. The minimum atomic E-state index is 0.334. The van der Waals surface area contributed by atoms with Gasteiger partial charge < -0.3 is 5.11 Å². The highest BCUT2D eigenvalue weighted by atomic mass is 127. The molecule has 12 heavy (non-hydrogen) atoms. The Hall–Kier alpha value is 1.42. The van der Waals surface area contributed by atoms with Crippen molar-refractivity contribution in [3.05, 3.63) is 0 Å². The van der Waals surface area contributed by atoms with Gasteiger partial charge in [-0.1, -0.05) is 59.0 Å². The molecule has 0 aromatic heterocycles. The van der Waals surface area contributed by atoms with Crippen molar-refractivity contribution in [2.75, 3.05) is 11.0 Å². The van der Waals surface area contributed by atoms with Crippen molar-refractivity contribution < 1.29 is 5.11 Å². The Morgan fingerprint density at radius 2 is 1.75 bits per heavy atom. The molecule has 74 valence electrons. The number of hydrogen-bond donors (Lipinski definition) is 1. The van der Waals surface area contributed by atoms with Gasteiger partial charge >= 0.3 is 0 Å². The maximum Gasteiger partial charge on any atom is 0.0456 e. The van der Waals surface area contributed by atoms with E-state index >= 15 is 0 Å². The van der Waals surface area contributed by atoms with E-state index in [2.05, 4.69) is 59.0 Å². The van der Waals surface area contributed by atoms with Crippen LogP contribution in [-0.4, -0.2) is 20.1 Å². The molecule has 0 fully saturated rings. The maximum atomic E-state index is 8.87. The fourth-order valence-corrected chi connectivity index (χ4v) is 2.58. The molecule has 0 spiro atoms.